The lowest BCUT2D eigenvalue weighted by atomic mass is 10.2. The van der Waals surface area contributed by atoms with Gasteiger partial charge in [-0.25, -0.2) is 0 Å². The second-order valence-corrected chi connectivity index (χ2v) is 5.00. The summed E-state index contributed by atoms with van der Waals surface area (Å²) in [6.07, 6.45) is 0.771. The molecule has 0 heterocycles. The molecule has 21 heavy (non-hydrogen) atoms. The quantitative estimate of drug-likeness (QED) is 0.636. The number of carbonyl (C=O) groups is 1. The van der Waals surface area contributed by atoms with Crippen LogP contribution in [0.3, 0.4) is 0 Å². The Morgan fingerprint density at radius 1 is 1.19 bits per heavy atom. The number of ether oxygens (including phenoxy) is 1. The number of nitrogens with two attached hydrogens (primary N) is 1. The highest BCUT2D eigenvalue weighted by atomic mass is 35.5. The van der Waals surface area contributed by atoms with Crippen molar-refractivity contribution in [2.75, 3.05) is 24.3 Å². The second kappa shape index (κ2) is 7.67. The van der Waals surface area contributed by atoms with E-state index in [4.69, 9.17) is 22.1 Å². The molecule has 2 aromatic rings. The Morgan fingerprint density at radius 3 is 2.71 bits per heavy atom. The molecular weight excluding hydrogens is 288 g/mol. The van der Waals surface area contributed by atoms with Crippen LogP contribution in [0.4, 0.5) is 11.4 Å². The van der Waals surface area contributed by atoms with E-state index in [1.54, 1.807) is 18.2 Å². The van der Waals surface area contributed by atoms with E-state index in [0.29, 0.717) is 23.0 Å². The van der Waals surface area contributed by atoms with Crippen LogP contribution >= 0.6 is 11.6 Å². The van der Waals surface area contributed by atoms with Gasteiger partial charge in [-0.05, 0) is 30.2 Å². The molecule has 5 heteroatoms. The first-order chi connectivity index (χ1) is 10.1. The third-order valence-corrected chi connectivity index (χ3v) is 3.14. The predicted molar refractivity (Wildman–Crippen MR) is 85.5 cm³/mol. The minimum atomic E-state index is -0.253. The number of carbonyl (C=O) groups excluding carboxylic acids is 1. The van der Waals surface area contributed by atoms with Crippen LogP contribution in [0.2, 0.25) is 5.02 Å². The Labute approximate surface area is 128 Å². The summed E-state index contributed by atoms with van der Waals surface area (Å²) in [7, 11) is 0. The Balaban J connectivity index is 1.74. The molecule has 0 fully saturated rings. The number of nitrogen functional groups attached to an aromatic ring is 1. The molecule has 0 saturated carbocycles. The van der Waals surface area contributed by atoms with E-state index in [0.717, 1.165) is 6.42 Å². The molecule has 0 aromatic heterocycles. The number of amides is 1. The monoisotopic (exact) mass is 304 g/mol. The summed E-state index contributed by atoms with van der Waals surface area (Å²) in [6, 6.07) is 14.9. The number of anilines is 2. The summed E-state index contributed by atoms with van der Waals surface area (Å²) in [6.45, 7) is 0.473. The van der Waals surface area contributed by atoms with Crippen molar-refractivity contribution in [3.63, 3.8) is 0 Å². The molecule has 0 spiro atoms. The number of nitrogens with one attached hydrogen (secondary N) is 1. The maximum absolute atomic E-state index is 11.8. The lowest BCUT2D eigenvalue weighted by Crippen LogP contribution is -2.19. The van der Waals surface area contributed by atoms with Gasteiger partial charge >= 0.3 is 0 Å². The van der Waals surface area contributed by atoms with E-state index in [1.807, 2.05) is 30.3 Å². The third kappa shape index (κ3) is 5.10. The van der Waals surface area contributed by atoms with Crippen LogP contribution in [0.15, 0.2) is 48.5 Å². The molecular formula is C16H17ClN2O2. The van der Waals surface area contributed by atoms with Crippen molar-refractivity contribution in [2.24, 2.45) is 0 Å². The molecule has 0 aliphatic carbocycles. The first-order valence-corrected chi connectivity index (χ1v) is 6.99. The highest BCUT2D eigenvalue weighted by Gasteiger charge is 2.06. The molecule has 0 radical (unpaired) electrons. The van der Waals surface area contributed by atoms with Gasteiger partial charge < -0.3 is 15.8 Å². The average molecular weight is 305 g/mol. The van der Waals surface area contributed by atoms with Gasteiger partial charge in [0.05, 0.1) is 18.0 Å². The number of hydrogen-bond acceptors (Lipinski definition) is 3. The molecule has 3 N–H and O–H groups in total. The molecule has 0 saturated heterocycles. The fourth-order valence-corrected chi connectivity index (χ4v) is 1.99. The van der Waals surface area contributed by atoms with Crippen LogP contribution in [-0.2, 0) is 16.0 Å². The molecule has 0 atom stereocenters. The Morgan fingerprint density at radius 2 is 1.95 bits per heavy atom. The SMILES string of the molecule is Nc1ccc(Cl)cc1NC(=O)COCCc1ccccc1. The number of hydrogen-bond donors (Lipinski definition) is 2. The van der Waals surface area contributed by atoms with E-state index >= 15 is 0 Å². The van der Waals surface area contributed by atoms with Crippen LogP contribution in [0, 0.1) is 0 Å². The van der Waals surface area contributed by atoms with Gasteiger partial charge in [-0.3, -0.25) is 4.79 Å². The molecule has 0 unspecified atom stereocenters. The average Bonchev–Trinajstić information content (AvgIpc) is 2.48. The van der Waals surface area contributed by atoms with E-state index in [2.05, 4.69) is 5.32 Å². The van der Waals surface area contributed by atoms with Crippen molar-refractivity contribution in [3.8, 4) is 0 Å². The molecule has 110 valence electrons. The molecule has 2 aromatic carbocycles. The third-order valence-electron chi connectivity index (χ3n) is 2.90. The summed E-state index contributed by atoms with van der Waals surface area (Å²) in [5.41, 5.74) is 7.90. The molecule has 0 aliphatic heterocycles. The summed E-state index contributed by atoms with van der Waals surface area (Å²) in [5.74, 6) is -0.253. The van der Waals surface area contributed by atoms with Gasteiger partial charge in [-0.2, -0.15) is 0 Å². The maximum atomic E-state index is 11.8. The van der Waals surface area contributed by atoms with Crippen molar-refractivity contribution < 1.29 is 9.53 Å². The predicted octanol–water partition coefficient (Wildman–Crippen LogP) is 3.12. The fourth-order valence-electron chi connectivity index (χ4n) is 1.82. The normalized spacial score (nSPS) is 10.3. The Hall–Kier alpha value is -2.04. The molecule has 2 rings (SSSR count). The van der Waals surface area contributed by atoms with Crippen molar-refractivity contribution in [1.82, 2.24) is 0 Å². The lowest BCUT2D eigenvalue weighted by molar-refractivity contribution is -0.120. The van der Waals surface area contributed by atoms with Crippen molar-refractivity contribution in [1.29, 1.82) is 0 Å². The minimum absolute atomic E-state index is 0.0151. The lowest BCUT2D eigenvalue weighted by Gasteiger charge is -2.09. The van der Waals surface area contributed by atoms with Crippen molar-refractivity contribution in [2.45, 2.75) is 6.42 Å². The summed E-state index contributed by atoms with van der Waals surface area (Å²) >= 11 is 5.86. The first-order valence-electron chi connectivity index (χ1n) is 6.61. The van der Waals surface area contributed by atoms with E-state index in [-0.39, 0.29) is 12.5 Å². The zero-order valence-electron chi connectivity index (χ0n) is 11.5. The first kappa shape index (κ1) is 15.4. The van der Waals surface area contributed by atoms with Crippen LogP contribution in [0.5, 0.6) is 0 Å². The fraction of sp³-hybridized carbons (Fsp3) is 0.188. The zero-order valence-corrected chi connectivity index (χ0v) is 12.3. The molecule has 1 amide bonds. The van der Waals surface area contributed by atoms with Gasteiger partial charge in [0, 0.05) is 5.02 Å². The van der Waals surface area contributed by atoms with Gasteiger partial charge in [-0.1, -0.05) is 41.9 Å². The van der Waals surface area contributed by atoms with E-state index < -0.39 is 0 Å². The van der Waals surface area contributed by atoms with Crippen LogP contribution < -0.4 is 11.1 Å². The summed E-state index contributed by atoms with van der Waals surface area (Å²) in [4.78, 5) is 11.8. The summed E-state index contributed by atoms with van der Waals surface area (Å²) in [5, 5.41) is 3.19. The topological polar surface area (TPSA) is 64.3 Å². The minimum Gasteiger partial charge on any atom is -0.397 e. The molecule has 0 bridgehead atoms. The number of benzene rings is 2. The van der Waals surface area contributed by atoms with Gasteiger partial charge in [-0.15, -0.1) is 0 Å². The van der Waals surface area contributed by atoms with Gasteiger partial charge in [0.25, 0.3) is 0 Å². The standard InChI is InChI=1S/C16H17ClN2O2/c17-13-6-7-14(18)15(10-13)19-16(20)11-21-9-8-12-4-2-1-3-5-12/h1-7,10H,8-9,11,18H2,(H,19,20). The Bertz CT molecular complexity index is 602. The van der Waals surface area contributed by atoms with Crippen LogP contribution in [-0.4, -0.2) is 19.1 Å². The Kier molecular flexibility index (Phi) is 5.60. The second-order valence-electron chi connectivity index (χ2n) is 4.57. The molecule has 4 nitrogen and oxygen atoms in total. The van der Waals surface area contributed by atoms with E-state index in [9.17, 15) is 4.79 Å². The smallest absolute Gasteiger partial charge is 0.250 e. The van der Waals surface area contributed by atoms with Crippen LogP contribution in [0.25, 0.3) is 0 Å². The highest BCUT2D eigenvalue weighted by Crippen LogP contribution is 2.22. The van der Waals surface area contributed by atoms with Gasteiger partial charge in [0.1, 0.15) is 6.61 Å². The highest BCUT2D eigenvalue weighted by molar-refractivity contribution is 6.31. The van der Waals surface area contributed by atoms with Crippen molar-refractivity contribution >= 4 is 28.9 Å². The maximum Gasteiger partial charge on any atom is 0.250 e. The zero-order chi connectivity index (χ0) is 15.1. The number of rotatable bonds is 6. The van der Waals surface area contributed by atoms with Gasteiger partial charge in [0.2, 0.25) is 5.91 Å². The molecule has 0 aliphatic rings. The van der Waals surface area contributed by atoms with Crippen molar-refractivity contribution in [3.05, 3.63) is 59.1 Å². The largest absolute Gasteiger partial charge is 0.397 e. The van der Waals surface area contributed by atoms with E-state index in [1.165, 1.54) is 5.56 Å². The number of halogens is 1. The van der Waals surface area contributed by atoms with Gasteiger partial charge in [0.15, 0.2) is 0 Å². The summed E-state index contributed by atoms with van der Waals surface area (Å²) < 4.78 is 5.36. The van der Waals surface area contributed by atoms with Crippen LogP contribution in [0.1, 0.15) is 5.56 Å².